The lowest BCUT2D eigenvalue weighted by Gasteiger charge is -2.23. The zero-order chi connectivity index (χ0) is 26.7. The fraction of sp³-hybridized carbons (Fsp3) is 0.379. The van der Waals surface area contributed by atoms with E-state index < -0.39 is 17.7 Å². The molecule has 0 aliphatic rings. The van der Waals surface area contributed by atoms with E-state index in [1.807, 2.05) is 66.9 Å². The second-order valence-electron chi connectivity index (χ2n) is 9.89. The Morgan fingerprint density at radius 2 is 1.59 bits per heavy atom. The van der Waals surface area contributed by atoms with Gasteiger partial charge in [0.25, 0.3) is 0 Å². The van der Waals surface area contributed by atoms with Crippen molar-refractivity contribution in [3.8, 4) is 22.4 Å². The molecule has 8 heteroatoms. The molecule has 0 aliphatic carbocycles. The standard InChI is InChI=1S/C29H36N4O4/c1-29(2,3)37-28(36)32-23(17-18-25(34)35)16-10-11-19-30-27-31-20-24(21-12-6-4-7-13-21)26(33-27)22-14-8-5-9-15-22/h4-9,12-15,20,23H,10-11,16-19H2,1-3H3,(H,32,36)(H,34,35)(H,30,31,33)/t23-/m1/s1. The summed E-state index contributed by atoms with van der Waals surface area (Å²) in [6, 6.07) is 19.8. The van der Waals surface area contributed by atoms with Crippen molar-refractivity contribution in [1.29, 1.82) is 0 Å². The van der Waals surface area contributed by atoms with Crippen LogP contribution in [0.15, 0.2) is 66.9 Å². The summed E-state index contributed by atoms with van der Waals surface area (Å²) in [4.78, 5) is 32.5. The van der Waals surface area contributed by atoms with Crippen molar-refractivity contribution in [2.45, 2.75) is 64.5 Å². The van der Waals surface area contributed by atoms with Crippen molar-refractivity contribution in [3.63, 3.8) is 0 Å². The van der Waals surface area contributed by atoms with Crippen LogP contribution in [0.4, 0.5) is 10.7 Å². The largest absolute Gasteiger partial charge is 0.481 e. The van der Waals surface area contributed by atoms with Crippen LogP contribution in [0.3, 0.4) is 0 Å². The number of unbranched alkanes of at least 4 members (excludes halogenated alkanes) is 1. The molecule has 0 saturated carbocycles. The minimum Gasteiger partial charge on any atom is -0.481 e. The lowest BCUT2D eigenvalue weighted by molar-refractivity contribution is -0.137. The number of carbonyl (C=O) groups is 2. The van der Waals surface area contributed by atoms with Gasteiger partial charge in [-0.2, -0.15) is 0 Å². The number of ether oxygens (including phenoxy) is 1. The van der Waals surface area contributed by atoms with Crippen molar-refractivity contribution in [3.05, 3.63) is 66.9 Å². The molecular weight excluding hydrogens is 468 g/mol. The number of rotatable bonds is 12. The van der Waals surface area contributed by atoms with Crippen LogP contribution >= 0.6 is 0 Å². The maximum Gasteiger partial charge on any atom is 0.407 e. The quantitative estimate of drug-likeness (QED) is 0.253. The van der Waals surface area contributed by atoms with E-state index in [0.717, 1.165) is 35.2 Å². The molecule has 2 aromatic carbocycles. The molecule has 1 heterocycles. The van der Waals surface area contributed by atoms with Crippen LogP contribution < -0.4 is 10.6 Å². The van der Waals surface area contributed by atoms with E-state index >= 15 is 0 Å². The van der Waals surface area contributed by atoms with Gasteiger partial charge in [0, 0.05) is 36.3 Å². The third kappa shape index (κ3) is 9.56. The number of amides is 1. The van der Waals surface area contributed by atoms with E-state index in [4.69, 9.17) is 14.8 Å². The van der Waals surface area contributed by atoms with Gasteiger partial charge >= 0.3 is 12.1 Å². The van der Waals surface area contributed by atoms with Crippen LogP contribution in [0, 0.1) is 0 Å². The van der Waals surface area contributed by atoms with Crippen molar-refractivity contribution >= 4 is 18.0 Å². The van der Waals surface area contributed by atoms with Crippen molar-refractivity contribution in [1.82, 2.24) is 15.3 Å². The third-order valence-electron chi connectivity index (χ3n) is 5.61. The third-order valence-corrected chi connectivity index (χ3v) is 5.61. The molecule has 8 nitrogen and oxygen atoms in total. The fourth-order valence-electron chi connectivity index (χ4n) is 3.89. The molecule has 0 bridgehead atoms. The Morgan fingerprint density at radius 1 is 0.946 bits per heavy atom. The van der Waals surface area contributed by atoms with E-state index in [0.29, 0.717) is 25.3 Å². The highest BCUT2D eigenvalue weighted by Gasteiger charge is 2.20. The molecule has 37 heavy (non-hydrogen) atoms. The summed E-state index contributed by atoms with van der Waals surface area (Å²) in [6.45, 7) is 6.03. The molecule has 0 saturated heterocycles. The van der Waals surface area contributed by atoms with Crippen molar-refractivity contribution < 1.29 is 19.4 Å². The van der Waals surface area contributed by atoms with Crippen LogP contribution in [0.1, 0.15) is 52.9 Å². The van der Waals surface area contributed by atoms with Crippen LogP contribution in [-0.4, -0.2) is 45.3 Å². The lowest BCUT2D eigenvalue weighted by atomic mass is 10.0. The summed E-state index contributed by atoms with van der Waals surface area (Å²) in [5, 5.41) is 15.2. The molecular formula is C29H36N4O4. The zero-order valence-corrected chi connectivity index (χ0v) is 21.7. The molecule has 0 fully saturated rings. The predicted molar refractivity (Wildman–Crippen MR) is 145 cm³/mol. The Kier molecular flexibility index (Phi) is 10.0. The molecule has 0 aliphatic heterocycles. The summed E-state index contributed by atoms with van der Waals surface area (Å²) < 4.78 is 5.32. The molecule has 0 spiro atoms. The van der Waals surface area contributed by atoms with Gasteiger partial charge in [0.1, 0.15) is 5.60 Å². The molecule has 0 unspecified atom stereocenters. The van der Waals surface area contributed by atoms with Crippen LogP contribution in [-0.2, 0) is 9.53 Å². The van der Waals surface area contributed by atoms with Crippen LogP contribution in [0.5, 0.6) is 0 Å². The Labute approximate surface area is 218 Å². The minimum atomic E-state index is -0.886. The van der Waals surface area contributed by atoms with Gasteiger partial charge in [-0.15, -0.1) is 0 Å². The highest BCUT2D eigenvalue weighted by Crippen LogP contribution is 2.30. The predicted octanol–water partition coefficient (Wildman–Crippen LogP) is 6.15. The fourth-order valence-corrected chi connectivity index (χ4v) is 3.89. The average Bonchev–Trinajstić information content (AvgIpc) is 2.86. The molecule has 196 valence electrons. The number of anilines is 1. The molecule has 1 aromatic heterocycles. The van der Waals surface area contributed by atoms with Gasteiger partial charge in [0.15, 0.2) is 0 Å². The average molecular weight is 505 g/mol. The number of alkyl carbamates (subject to hydrolysis) is 1. The number of nitrogens with zero attached hydrogens (tertiary/aromatic N) is 2. The summed E-state index contributed by atoms with van der Waals surface area (Å²) in [5.74, 6) is -0.337. The summed E-state index contributed by atoms with van der Waals surface area (Å²) >= 11 is 0. The minimum absolute atomic E-state index is 0.0113. The van der Waals surface area contributed by atoms with E-state index in [1.54, 1.807) is 20.8 Å². The van der Waals surface area contributed by atoms with Gasteiger partial charge in [-0.3, -0.25) is 4.79 Å². The van der Waals surface area contributed by atoms with Gasteiger partial charge in [0.2, 0.25) is 5.95 Å². The van der Waals surface area contributed by atoms with E-state index in [-0.39, 0.29) is 12.5 Å². The molecule has 0 radical (unpaired) electrons. The SMILES string of the molecule is CC(C)(C)OC(=O)N[C@H](CCCCNc1ncc(-c2ccccc2)c(-c2ccccc2)n1)CCC(=O)O. The number of hydrogen-bond acceptors (Lipinski definition) is 6. The topological polar surface area (TPSA) is 113 Å². The molecule has 3 rings (SSSR count). The lowest BCUT2D eigenvalue weighted by Crippen LogP contribution is -2.39. The summed E-state index contributed by atoms with van der Waals surface area (Å²) in [5.41, 5.74) is 3.28. The Hall–Kier alpha value is -3.94. The Morgan fingerprint density at radius 3 is 2.22 bits per heavy atom. The first-order chi connectivity index (χ1) is 17.7. The van der Waals surface area contributed by atoms with E-state index in [2.05, 4.69) is 15.6 Å². The number of hydrogen-bond donors (Lipinski definition) is 3. The van der Waals surface area contributed by atoms with E-state index in [1.165, 1.54) is 0 Å². The highest BCUT2D eigenvalue weighted by atomic mass is 16.6. The summed E-state index contributed by atoms with van der Waals surface area (Å²) in [6.07, 6.45) is 3.91. The second kappa shape index (κ2) is 13.4. The number of aromatic nitrogens is 2. The Bertz CT molecular complexity index is 1150. The number of aliphatic carboxylic acids is 1. The van der Waals surface area contributed by atoms with Gasteiger partial charge < -0.3 is 20.5 Å². The van der Waals surface area contributed by atoms with E-state index in [9.17, 15) is 9.59 Å². The van der Waals surface area contributed by atoms with Crippen LogP contribution in [0.25, 0.3) is 22.4 Å². The number of carboxylic acid groups (broad SMARTS) is 1. The monoisotopic (exact) mass is 504 g/mol. The van der Waals surface area contributed by atoms with Crippen LogP contribution in [0.2, 0.25) is 0 Å². The maximum absolute atomic E-state index is 12.2. The van der Waals surface area contributed by atoms with Crippen molar-refractivity contribution in [2.24, 2.45) is 0 Å². The second-order valence-corrected chi connectivity index (χ2v) is 9.89. The van der Waals surface area contributed by atoms with Gasteiger partial charge in [-0.1, -0.05) is 60.7 Å². The number of benzene rings is 2. The maximum atomic E-state index is 12.2. The highest BCUT2D eigenvalue weighted by molar-refractivity contribution is 5.80. The smallest absolute Gasteiger partial charge is 0.407 e. The first-order valence-electron chi connectivity index (χ1n) is 12.6. The van der Waals surface area contributed by atoms with Gasteiger partial charge in [-0.05, 0) is 52.0 Å². The normalized spacial score (nSPS) is 12.0. The molecule has 1 atom stereocenters. The zero-order valence-electron chi connectivity index (χ0n) is 21.7. The van der Waals surface area contributed by atoms with Gasteiger partial charge in [-0.25, -0.2) is 14.8 Å². The molecule has 3 aromatic rings. The van der Waals surface area contributed by atoms with Crippen molar-refractivity contribution in [2.75, 3.05) is 11.9 Å². The number of nitrogens with one attached hydrogen (secondary N) is 2. The molecule has 1 amide bonds. The first kappa shape index (κ1) is 27.6. The summed E-state index contributed by atoms with van der Waals surface area (Å²) in [7, 11) is 0. The number of carboxylic acids is 1. The molecule has 3 N–H and O–H groups in total. The number of carbonyl (C=O) groups excluding carboxylic acids is 1. The Balaban J connectivity index is 1.58. The van der Waals surface area contributed by atoms with Gasteiger partial charge in [0.05, 0.1) is 5.69 Å². The first-order valence-corrected chi connectivity index (χ1v) is 12.6.